The number of aromatic nitrogens is 2. The summed E-state index contributed by atoms with van der Waals surface area (Å²) in [5, 5.41) is 5.25. The lowest BCUT2D eigenvalue weighted by atomic mass is 10.1. The highest BCUT2D eigenvalue weighted by molar-refractivity contribution is 5.95. The van der Waals surface area contributed by atoms with Crippen LogP contribution in [0.1, 0.15) is 19.5 Å². The molecule has 0 unspecified atom stereocenters. The van der Waals surface area contributed by atoms with Crippen molar-refractivity contribution in [3.63, 3.8) is 0 Å². The molecule has 2 rings (SSSR count). The topological polar surface area (TPSA) is 102 Å². The molecule has 0 saturated carbocycles. The van der Waals surface area contributed by atoms with Gasteiger partial charge in [0.05, 0.1) is 24.0 Å². The van der Waals surface area contributed by atoms with Gasteiger partial charge in [-0.15, -0.1) is 0 Å². The molecule has 2 aromatic rings. The van der Waals surface area contributed by atoms with Crippen LogP contribution in [0.2, 0.25) is 0 Å². The van der Waals surface area contributed by atoms with Crippen LogP contribution in [0, 0.1) is 12.8 Å². The fourth-order valence-electron chi connectivity index (χ4n) is 1.99. The Hall–Kier alpha value is -2.41. The van der Waals surface area contributed by atoms with Crippen LogP contribution in [0.5, 0.6) is 0 Å². The second kappa shape index (κ2) is 6.57. The molecule has 1 atom stereocenters. The smallest absolute Gasteiger partial charge is 0.243 e. The number of hydrogen-bond acceptors (Lipinski definition) is 4. The Morgan fingerprint density at radius 2 is 2.05 bits per heavy atom. The highest BCUT2D eigenvalue weighted by atomic mass is 16.2. The van der Waals surface area contributed by atoms with Crippen LogP contribution in [-0.2, 0) is 9.59 Å². The van der Waals surface area contributed by atoms with E-state index in [1.54, 1.807) is 12.3 Å². The van der Waals surface area contributed by atoms with E-state index >= 15 is 0 Å². The lowest BCUT2D eigenvalue weighted by Gasteiger charge is -2.15. The van der Waals surface area contributed by atoms with Gasteiger partial charge >= 0.3 is 0 Å². The fraction of sp³-hybridized carbons (Fsp3) is 0.400. The van der Waals surface area contributed by atoms with Gasteiger partial charge in [-0.1, -0.05) is 13.8 Å². The van der Waals surface area contributed by atoms with Gasteiger partial charge in [-0.3, -0.25) is 9.59 Å². The number of carbonyl (C=O) groups excluding carboxylic acids is 2. The second-order valence-electron chi connectivity index (χ2n) is 5.60. The molecule has 4 N–H and O–H groups in total. The maximum Gasteiger partial charge on any atom is 0.243 e. The van der Waals surface area contributed by atoms with Crippen molar-refractivity contribution in [3.05, 3.63) is 30.2 Å². The summed E-state index contributed by atoms with van der Waals surface area (Å²) < 4.78 is 1.83. The largest absolute Gasteiger partial charge is 0.346 e. The molecule has 0 fully saturated rings. The minimum Gasteiger partial charge on any atom is -0.346 e. The summed E-state index contributed by atoms with van der Waals surface area (Å²) in [7, 11) is 0. The van der Waals surface area contributed by atoms with Gasteiger partial charge in [-0.2, -0.15) is 0 Å². The van der Waals surface area contributed by atoms with Crippen molar-refractivity contribution < 1.29 is 9.59 Å². The number of anilines is 1. The number of fused-ring (bicyclic) bond motifs is 1. The maximum absolute atomic E-state index is 11.9. The standard InChI is InChI=1S/C15H21N5O2/c1-9(2)14(16)15(22)17-6-13(21)19-11-4-5-12-18-10(3)7-20(12)8-11/h4-5,7-9,14H,6,16H2,1-3H3,(H,17,22)(H,19,21)/t14-/m0/s1. The molecule has 7 nitrogen and oxygen atoms in total. The summed E-state index contributed by atoms with van der Waals surface area (Å²) >= 11 is 0. The molecule has 118 valence electrons. The summed E-state index contributed by atoms with van der Waals surface area (Å²) in [5.74, 6) is -0.610. The van der Waals surface area contributed by atoms with Crippen molar-refractivity contribution in [1.82, 2.24) is 14.7 Å². The summed E-state index contributed by atoms with van der Waals surface area (Å²) in [5.41, 5.74) is 8.06. The lowest BCUT2D eigenvalue weighted by Crippen LogP contribution is -2.46. The van der Waals surface area contributed by atoms with Gasteiger partial charge < -0.3 is 20.8 Å². The number of nitrogens with one attached hydrogen (secondary N) is 2. The molecule has 0 bridgehead atoms. The summed E-state index contributed by atoms with van der Waals surface area (Å²) in [6.07, 6.45) is 3.64. The number of hydrogen-bond donors (Lipinski definition) is 3. The van der Waals surface area contributed by atoms with E-state index in [0.29, 0.717) is 5.69 Å². The summed E-state index contributed by atoms with van der Waals surface area (Å²) in [4.78, 5) is 27.9. The minimum absolute atomic E-state index is 0.0231. The zero-order chi connectivity index (χ0) is 16.3. The predicted octanol–water partition coefficient (Wildman–Crippen LogP) is 0.681. The minimum atomic E-state index is -0.613. The van der Waals surface area contributed by atoms with Crippen LogP contribution in [0.25, 0.3) is 5.65 Å². The summed E-state index contributed by atoms with van der Waals surface area (Å²) in [6.45, 7) is 5.50. The van der Waals surface area contributed by atoms with E-state index in [-0.39, 0.29) is 24.3 Å². The van der Waals surface area contributed by atoms with Crippen LogP contribution < -0.4 is 16.4 Å². The Morgan fingerprint density at radius 3 is 2.73 bits per heavy atom. The SMILES string of the molecule is Cc1cn2cc(NC(=O)CNC(=O)[C@@H](N)C(C)C)ccc2n1. The van der Waals surface area contributed by atoms with Crippen molar-refractivity contribution in [2.75, 3.05) is 11.9 Å². The van der Waals surface area contributed by atoms with Gasteiger partial charge in [-0.05, 0) is 25.0 Å². The first kappa shape index (κ1) is 16.0. The van der Waals surface area contributed by atoms with Crippen molar-refractivity contribution in [2.45, 2.75) is 26.8 Å². The summed E-state index contributed by atoms with van der Waals surface area (Å²) in [6, 6.07) is 2.97. The predicted molar refractivity (Wildman–Crippen MR) is 84.4 cm³/mol. The highest BCUT2D eigenvalue weighted by Gasteiger charge is 2.17. The molecule has 0 saturated heterocycles. The van der Waals surface area contributed by atoms with Gasteiger partial charge in [0, 0.05) is 12.4 Å². The van der Waals surface area contributed by atoms with E-state index in [1.165, 1.54) is 0 Å². The third-order valence-corrected chi connectivity index (χ3v) is 3.30. The van der Waals surface area contributed by atoms with Gasteiger partial charge in [0.15, 0.2) is 0 Å². The Balaban J connectivity index is 1.92. The van der Waals surface area contributed by atoms with Crippen molar-refractivity contribution in [2.24, 2.45) is 11.7 Å². The first-order valence-corrected chi connectivity index (χ1v) is 7.15. The highest BCUT2D eigenvalue weighted by Crippen LogP contribution is 2.11. The number of aryl methyl sites for hydroxylation is 1. The van der Waals surface area contributed by atoms with Crippen LogP contribution >= 0.6 is 0 Å². The number of nitrogens with two attached hydrogens (primary N) is 1. The molecule has 2 heterocycles. The fourth-order valence-corrected chi connectivity index (χ4v) is 1.99. The second-order valence-corrected chi connectivity index (χ2v) is 5.60. The van der Waals surface area contributed by atoms with Crippen LogP contribution in [0.3, 0.4) is 0 Å². The molecular weight excluding hydrogens is 282 g/mol. The average molecular weight is 303 g/mol. The monoisotopic (exact) mass is 303 g/mol. The quantitative estimate of drug-likeness (QED) is 0.756. The molecule has 0 aliphatic carbocycles. The molecule has 7 heteroatoms. The molecule has 0 aromatic carbocycles. The Bertz CT molecular complexity index is 692. The third kappa shape index (κ3) is 3.82. The molecule has 22 heavy (non-hydrogen) atoms. The van der Waals surface area contributed by atoms with Crippen LogP contribution in [0.4, 0.5) is 5.69 Å². The van der Waals surface area contributed by atoms with Crippen LogP contribution in [-0.4, -0.2) is 33.8 Å². The van der Waals surface area contributed by atoms with Crippen molar-refractivity contribution in [3.8, 4) is 0 Å². The zero-order valence-electron chi connectivity index (χ0n) is 13.0. The lowest BCUT2D eigenvalue weighted by molar-refractivity contribution is -0.125. The molecule has 0 spiro atoms. The molecule has 2 amide bonds. The molecule has 0 radical (unpaired) electrons. The van der Waals surface area contributed by atoms with Crippen molar-refractivity contribution in [1.29, 1.82) is 0 Å². The van der Waals surface area contributed by atoms with Gasteiger partial charge in [0.1, 0.15) is 5.65 Å². The van der Waals surface area contributed by atoms with E-state index in [0.717, 1.165) is 11.3 Å². The van der Waals surface area contributed by atoms with E-state index in [2.05, 4.69) is 15.6 Å². The number of carbonyl (C=O) groups is 2. The zero-order valence-corrected chi connectivity index (χ0v) is 13.0. The van der Waals surface area contributed by atoms with Crippen LogP contribution in [0.15, 0.2) is 24.5 Å². The Labute approximate surface area is 128 Å². The van der Waals surface area contributed by atoms with E-state index < -0.39 is 6.04 Å². The van der Waals surface area contributed by atoms with Gasteiger partial charge in [0.2, 0.25) is 11.8 Å². The van der Waals surface area contributed by atoms with Gasteiger partial charge in [-0.25, -0.2) is 4.98 Å². The number of nitrogens with zero attached hydrogens (tertiary/aromatic N) is 2. The van der Waals surface area contributed by atoms with E-state index in [4.69, 9.17) is 5.73 Å². The average Bonchev–Trinajstić information content (AvgIpc) is 2.83. The van der Waals surface area contributed by atoms with E-state index in [1.807, 2.05) is 37.4 Å². The number of imidazole rings is 1. The third-order valence-electron chi connectivity index (χ3n) is 3.30. The van der Waals surface area contributed by atoms with Gasteiger partial charge in [0.25, 0.3) is 0 Å². The maximum atomic E-state index is 11.9. The number of pyridine rings is 1. The van der Waals surface area contributed by atoms with Crippen molar-refractivity contribution >= 4 is 23.1 Å². The molecule has 0 aliphatic rings. The van der Waals surface area contributed by atoms with E-state index in [9.17, 15) is 9.59 Å². The first-order valence-electron chi connectivity index (χ1n) is 7.15. The molecule has 0 aliphatic heterocycles. The number of rotatable bonds is 5. The normalized spacial score (nSPS) is 12.4. The number of amides is 2. The first-order chi connectivity index (χ1) is 10.4. The Morgan fingerprint density at radius 1 is 1.32 bits per heavy atom. The molecular formula is C15H21N5O2. The molecule has 2 aromatic heterocycles. The Kier molecular flexibility index (Phi) is 4.77.